The fourth-order valence-electron chi connectivity index (χ4n) is 1.96. The minimum atomic E-state index is 0.0168. The third-order valence-corrected chi connectivity index (χ3v) is 4.62. The first-order valence-electron chi connectivity index (χ1n) is 6.80. The molecule has 2 nitrogen and oxygen atoms in total. The Morgan fingerprint density at radius 3 is 2.52 bits per heavy atom. The van der Waals surface area contributed by atoms with Crippen molar-refractivity contribution < 1.29 is 9.53 Å². The Bertz CT molecular complexity index is 653. The molecule has 0 aromatic heterocycles. The third-order valence-electron chi connectivity index (χ3n) is 2.95. The largest absolute Gasteiger partial charge is 0.491 e. The number of rotatable bonds is 5. The molecule has 0 spiro atoms. The van der Waals surface area contributed by atoms with E-state index in [1.165, 1.54) is 0 Å². The molecule has 0 fully saturated rings. The standard InChI is InChI=1S/C17H18ClO2P/c1-11(2)20-13-8-9-16(15(18)10-13)21-17(19)14-7-5-4-6-12(14)3/h4-11,21H,1-3H3. The summed E-state index contributed by atoms with van der Waals surface area (Å²) >= 11 is 6.26. The van der Waals surface area contributed by atoms with Crippen LogP contribution in [-0.4, -0.2) is 11.6 Å². The van der Waals surface area contributed by atoms with Crippen LogP contribution < -0.4 is 10.0 Å². The Balaban J connectivity index is 2.17. The number of hydrogen-bond donors (Lipinski definition) is 0. The number of benzene rings is 2. The lowest BCUT2D eigenvalue weighted by Gasteiger charge is -2.12. The van der Waals surface area contributed by atoms with Crippen molar-refractivity contribution in [3.63, 3.8) is 0 Å². The van der Waals surface area contributed by atoms with Gasteiger partial charge in [0, 0.05) is 5.56 Å². The second-order valence-corrected chi connectivity index (χ2v) is 6.73. The molecule has 21 heavy (non-hydrogen) atoms. The average molecular weight is 321 g/mol. The summed E-state index contributed by atoms with van der Waals surface area (Å²) in [7, 11) is 0.0168. The molecule has 0 N–H and O–H groups in total. The molecule has 0 aliphatic carbocycles. The maximum absolute atomic E-state index is 12.4. The van der Waals surface area contributed by atoms with E-state index in [2.05, 4.69) is 0 Å². The van der Waals surface area contributed by atoms with Crippen LogP contribution in [0.2, 0.25) is 5.02 Å². The van der Waals surface area contributed by atoms with Crippen LogP contribution in [0.15, 0.2) is 42.5 Å². The second-order valence-electron chi connectivity index (χ2n) is 5.08. The lowest BCUT2D eigenvalue weighted by molar-refractivity contribution is 0.108. The van der Waals surface area contributed by atoms with E-state index in [-0.39, 0.29) is 20.2 Å². The Hall–Kier alpha value is -1.37. The van der Waals surface area contributed by atoms with Gasteiger partial charge in [-0.1, -0.05) is 35.9 Å². The molecule has 0 bridgehead atoms. The van der Waals surface area contributed by atoms with Crippen molar-refractivity contribution in [2.45, 2.75) is 26.9 Å². The van der Waals surface area contributed by atoms with Gasteiger partial charge >= 0.3 is 0 Å². The van der Waals surface area contributed by atoms with Crippen LogP contribution in [0.4, 0.5) is 0 Å². The summed E-state index contributed by atoms with van der Waals surface area (Å²) in [6.07, 6.45) is 0.1000. The molecule has 0 saturated heterocycles. The second kappa shape index (κ2) is 7.06. The summed E-state index contributed by atoms with van der Waals surface area (Å²) < 4.78 is 5.59. The van der Waals surface area contributed by atoms with Crippen molar-refractivity contribution in [1.82, 2.24) is 0 Å². The van der Waals surface area contributed by atoms with Crippen molar-refractivity contribution in [1.29, 1.82) is 0 Å². The molecular formula is C17H18ClO2P. The topological polar surface area (TPSA) is 26.3 Å². The number of halogens is 1. The summed E-state index contributed by atoms with van der Waals surface area (Å²) in [6.45, 7) is 5.87. The van der Waals surface area contributed by atoms with Crippen LogP contribution in [0.3, 0.4) is 0 Å². The van der Waals surface area contributed by atoms with Crippen molar-refractivity contribution in [3.05, 3.63) is 58.6 Å². The van der Waals surface area contributed by atoms with E-state index in [9.17, 15) is 4.79 Å². The van der Waals surface area contributed by atoms with Crippen molar-refractivity contribution in [3.8, 4) is 5.75 Å². The lowest BCUT2D eigenvalue weighted by atomic mass is 10.1. The molecule has 0 heterocycles. The minimum absolute atomic E-state index is 0.0168. The van der Waals surface area contributed by atoms with E-state index in [1.54, 1.807) is 6.07 Å². The van der Waals surface area contributed by atoms with Gasteiger partial charge in [0.1, 0.15) is 5.75 Å². The van der Waals surface area contributed by atoms with E-state index in [0.717, 1.165) is 22.2 Å². The van der Waals surface area contributed by atoms with Crippen LogP contribution in [0.5, 0.6) is 5.75 Å². The van der Waals surface area contributed by atoms with E-state index in [4.69, 9.17) is 16.3 Å². The highest BCUT2D eigenvalue weighted by atomic mass is 35.5. The van der Waals surface area contributed by atoms with E-state index < -0.39 is 0 Å². The zero-order valence-electron chi connectivity index (χ0n) is 12.3. The predicted molar refractivity (Wildman–Crippen MR) is 90.7 cm³/mol. The smallest absolute Gasteiger partial charge is 0.185 e. The zero-order chi connectivity index (χ0) is 15.4. The molecule has 2 rings (SSSR count). The number of hydrogen-bond acceptors (Lipinski definition) is 2. The number of carbonyl (C=O) groups excluding carboxylic acids is 1. The fourth-order valence-corrected chi connectivity index (χ4v) is 3.29. The van der Waals surface area contributed by atoms with Crippen molar-refractivity contribution in [2.24, 2.45) is 0 Å². The Labute approximate surface area is 132 Å². The fraction of sp³-hybridized carbons (Fsp3) is 0.235. The zero-order valence-corrected chi connectivity index (χ0v) is 14.1. The van der Waals surface area contributed by atoms with Crippen molar-refractivity contribution in [2.75, 3.05) is 0 Å². The van der Waals surface area contributed by atoms with Crippen LogP contribution in [0, 0.1) is 6.92 Å². The van der Waals surface area contributed by atoms with Gasteiger partial charge < -0.3 is 4.74 Å². The van der Waals surface area contributed by atoms with Gasteiger partial charge in [0.25, 0.3) is 0 Å². The molecule has 0 amide bonds. The van der Waals surface area contributed by atoms with Gasteiger partial charge in [-0.25, -0.2) is 0 Å². The highest BCUT2D eigenvalue weighted by Crippen LogP contribution is 2.27. The Morgan fingerprint density at radius 1 is 1.19 bits per heavy atom. The normalized spacial score (nSPS) is 11.3. The Kier molecular flexibility index (Phi) is 5.39. The molecule has 110 valence electrons. The molecule has 2 aromatic carbocycles. The van der Waals surface area contributed by atoms with Gasteiger partial charge in [0.15, 0.2) is 5.52 Å². The molecular weight excluding hydrogens is 303 g/mol. The van der Waals surface area contributed by atoms with Gasteiger partial charge in [-0.15, -0.1) is 0 Å². The van der Waals surface area contributed by atoms with E-state index >= 15 is 0 Å². The van der Waals surface area contributed by atoms with Gasteiger partial charge in [0.2, 0.25) is 0 Å². The first kappa shape index (κ1) is 16.0. The molecule has 2 aromatic rings. The minimum Gasteiger partial charge on any atom is -0.491 e. The van der Waals surface area contributed by atoms with Gasteiger partial charge in [-0.05, 0) is 58.4 Å². The predicted octanol–water partition coefficient (Wildman–Crippen LogP) is 4.58. The number of ether oxygens (including phenoxy) is 1. The van der Waals surface area contributed by atoms with Crippen molar-refractivity contribution >= 4 is 31.0 Å². The monoisotopic (exact) mass is 320 g/mol. The lowest BCUT2D eigenvalue weighted by Crippen LogP contribution is -2.08. The van der Waals surface area contributed by atoms with Crippen LogP contribution in [0.1, 0.15) is 29.8 Å². The maximum Gasteiger partial charge on any atom is 0.185 e. The van der Waals surface area contributed by atoms with E-state index in [0.29, 0.717) is 5.02 Å². The van der Waals surface area contributed by atoms with E-state index in [1.807, 2.05) is 57.2 Å². The third kappa shape index (κ3) is 4.30. The quantitative estimate of drug-likeness (QED) is 0.754. The maximum atomic E-state index is 12.4. The Morgan fingerprint density at radius 2 is 1.90 bits per heavy atom. The van der Waals surface area contributed by atoms with Crippen LogP contribution >= 0.6 is 20.2 Å². The SMILES string of the molecule is Cc1ccccc1C(=O)Pc1ccc(OC(C)C)cc1Cl. The van der Waals surface area contributed by atoms with Gasteiger partial charge in [-0.2, -0.15) is 0 Å². The highest BCUT2D eigenvalue weighted by molar-refractivity contribution is 7.66. The molecule has 0 aliphatic heterocycles. The molecule has 4 heteroatoms. The summed E-state index contributed by atoms with van der Waals surface area (Å²) in [5.74, 6) is 0.729. The summed E-state index contributed by atoms with van der Waals surface area (Å²) in [5, 5.41) is 1.43. The number of aryl methyl sites for hydroxylation is 1. The van der Waals surface area contributed by atoms with Gasteiger partial charge in [0.05, 0.1) is 11.1 Å². The first-order valence-corrected chi connectivity index (χ1v) is 8.18. The summed E-state index contributed by atoms with van der Waals surface area (Å²) in [5.41, 5.74) is 1.85. The first-order chi connectivity index (χ1) is 9.97. The van der Waals surface area contributed by atoms with Crippen LogP contribution in [0.25, 0.3) is 0 Å². The molecule has 0 aliphatic rings. The molecule has 0 saturated carbocycles. The molecule has 1 unspecified atom stereocenters. The summed E-state index contributed by atoms with van der Waals surface area (Å²) in [4.78, 5) is 12.4. The highest BCUT2D eigenvalue weighted by Gasteiger charge is 2.12. The number of carbonyl (C=O) groups is 1. The molecule has 0 radical (unpaired) electrons. The summed E-state index contributed by atoms with van der Waals surface area (Å²) in [6, 6.07) is 13.1. The average Bonchev–Trinajstić information content (AvgIpc) is 2.41. The van der Waals surface area contributed by atoms with Gasteiger partial charge in [-0.3, -0.25) is 4.79 Å². The molecule has 1 atom stereocenters. The van der Waals surface area contributed by atoms with Crippen LogP contribution in [-0.2, 0) is 0 Å².